The molecule has 0 saturated heterocycles. The highest BCUT2D eigenvalue weighted by molar-refractivity contribution is 5.96. The fraction of sp³-hybridized carbons (Fsp3) is 0.167. The Morgan fingerprint density at radius 3 is 2.03 bits per heavy atom. The molecule has 5 heteroatoms. The maximum atomic E-state index is 12.3. The second-order valence-corrected chi connectivity index (χ2v) is 7.05. The van der Waals surface area contributed by atoms with Gasteiger partial charge in [0.15, 0.2) is 0 Å². The van der Waals surface area contributed by atoms with Crippen LogP contribution in [0.5, 0.6) is 0 Å². The zero-order chi connectivity index (χ0) is 20.2. The van der Waals surface area contributed by atoms with Crippen LogP contribution in [0, 0.1) is 0 Å². The number of carbonyl (C=O) groups excluding carboxylic acids is 2. The van der Waals surface area contributed by atoms with Gasteiger partial charge in [-0.05, 0) is 41.3 Å². The number of hydrogen-bond acceptors (Lipinski definition) is 3. The van der Waals surface area contributed by atoms with Crippen molar-refractivity contribution in [3.8, 4) is 11.1 Å². The number of para-hydroxylation sites is 1. The molecule has 3 aromatic rings. The molecular weight excluding hydrogens is 364 g/mol. The molecule has 1 aliphatic carbocycles. The second-order valence-electron chi connectivity index (χ2n) is 7.05. The summed E-state index contributed by atoms with van der Waals surface area (Å²) >= 11 is 0. The summed E-state index contributed by atoms with van der Waals surface area (Å²) in [6.45, 7) is 1.84. The molecule has 1 aliphatic rings. The number of rotatable bonds is 5. The lowest BCUT2D eigenvalue weighted by Crippen LogP contribution is -2.42. The average molecular weight is 386 g/mol. The molecule has 29 heavy (non-hydrogen) atoms. The molecule has 0 spiro atoms. The molecule has 0 radical (unpaired) electrons. The maximum absolute atomic E-state index is 12.3. The van der Waals surface area contributed by atoms with Crippen LogP contribution < -0.4 is 10.6 Å². The molecule has 4 rings (SSSR count). The molecule has 1 atom stereocenters. The summed E-state index contributed by atoms with van der Waals surface area (Å²) in [7, 11) is 0. The summed E-state index contributed by atoms with van der Waals surface area (Å²) in [6.07, 6.45) is -0.609. The Labute approximate surface area is 169 Å². The SMILES string of the molecule is C[C@H](NC(=O)OCC1c2ccccc2-c2ccccc21)C(=O)Nc1ccccc1. The molecular formula is C24H22N2O3. The van der Waals surface area contributed by atoms with E-state index < -0.39 is 12.1 Å². The lowest BCUT2D eigenvalue weighted by molar-refractivity contribution is -0.117. The maximum Gasteiger partial charge on any atom is 0.407 e. The predicted octanol–water partition coefficient (Wildman–Crippen LogP) is 4.55. The van der Waals surface area contributed by atoms with E-state index in [2.05, 4.69) is 34.9 Å². The summed E-state index contributed by atoms with van der Waals surface area (Å²) in [6, 6.07) is 24.7. The van der Waals surface area contributed by atoms with E-state index in [1.165, 1.54) is 11.1 Å². The minimum absolute atomic E-state index is 0.0124. The van der Waals surface area contributed by atoms with Crippen molar-refractivity contribution in [2.75, 3.05) is 11.9 Å². The van der Waals surface area contributed by atoms with Crippen LogP contribution in [0.2, 0.25) is 0 Å². The molecule has 0 aromatic heterocycles. The van der Waals surface area contributed by atoms with E-state index in [9.17, 15) is 9.59 Å². The third kappa shape index (κ3) is 3.99. The number of anilines is 1. The largest absolute Gasteiger partial charge is 0.449 e. The van der Waals surface area contributed by atoms with Crippen LogP contribution in [0.25, 0.3) is 11.1 Å². The zero-order valence-corrected chi connectivity index (χ0v) is 16.1. The molecule has 0 heterocycles. The van der Waals surface area contributed by atoms with Gasteiger partial charge in [-0.3, -0.25) is 4.79 Å². The topological polar surface area (TPSA) is 67.4 Å². The van der Waals surface area contributed by atoms with E-state index in [1.807, 2.05) is 42.5 Å². The molecule has 0 aliphatic heterocycles. The first-order valence-electron chi connectivity index (χ1n) is 9.61. The first-order chi connectivity index (χ1) is 14.1. The second kappa shape index (κ2) is 8.19. The molecule has 5 nitrogen and oxygen atoms in total. The van der Waals surface area contributed by atoms with Crippen molar-refractivity contribution >= 4 is 17.7 Å². The van der Waals surface area contributed by atoms with E-state index in [0.29, 0.717) is 5.69 Å². The van der Waals surface area contributed by atoms with Crippen molar-refractivity contribution in [2.24, 2.45) is 0 Å². The number of amides is 2. The molecule has 0 unspecified atom stereocenters. The molecule has 0 bridgehead atoms. The predicted molar refractivity (Wildman–Crippen MR) is 113 cm³/mol. The summed E-state index contributed by atoms with van der Waals surface area (Å²) in [5, 5.41) is 5.36. The molecule has 2 N–H and O–H groups in total. The van der Waals surface area contributed by atoms with Gasteiger partial charge in [-0.1, -0.05) is 66.7 Å². The highest BCUT2D eigenvalue weighted by Crippen LogP contribution is 2.44. The summed E-state index contributed by atoms with van der Waals surface area (Å²) < 4.78 is 5.48. The van der Waals surface area contributed by atoms with Crippen molar-refractivity contribution in [1.29, 1.82) is 0 Å². The van der Waals surface area contributed by atoms with Crippen LogP contribution in [-0.2, 0) is 9.53 Å². The monoisotopic (exact) mass is 386 g/mol. The van der Waals surface area contributed by atoms with Gasteiger partial charge < -0.3 is 15.4 Å². The van der Waals surface area contributed by atoms with Gasteiger partial charge in [0.25, 0.3) is 0 Å². The summed E-state index contributed by atoms with van der Waals surface area (Å²) in [5.74, 6) is -0.314. The number of benzene rings is 3. The van der Waals surface area contributed by atoms with Gasteiger partial charge in [0, 0.05) is 11.6 Å². The van der Waals surface area contributed by atoms with Crippen LogP contribution in [0.4, 0.5) is 10.5 Å². The van der Waals surface area contributed by atoms with E-state index in [1.54, 1.807) is 19.1 Å². The average Bonchev–Trinajstić information content (AvgIpc) is 3.07. The Morgan fingerprint density at radius 1 is 0.862 bits per heavy atom. The third-order valence-electron chi connectivity index (χ3n) is 5.11. The van der Waals surface area contributed by atoms with Crippen molar-refractivity contribution in [2.45, 2.75) is 18.9 Å². The highest BCUT2D eigenvalue weighted by atomic mass is 16.5. The van der Waals surface area contributed by atoms with Gasteiger partial charge in [0.2, 0.25) is 5.91 Å². The third-order valence-corrected chi connectivity index (χ3v) is 5.11. The molecule has 3 aromatic carbocycles. The number of hydrogen-bond donors (Lipinski definition) is 2. The number of ether oxygens (including phenoxy) is 1. The van der Waals surface area contributed by atoms with Crippen LogP contribution in [0.15, 0.2) is 78.9 Å². The Kier molecular flexibility index (Phi) is 5.29. The van der Waals surface area contributed by atoms with Crippen molar-refractivity contribution in [3.63, 3.8) is 0 Å². The van der Waals surface area contributed by atoms with Crippen molar-refractivity contribution in [3.05, 3.63) is 90.0 Å². The highest BCUT2D eigenvalue weighted by Gasteiger charge is 2.29. The summed E-state index contributed by atoms with van der Waals surface area (Å²) in [5.41, 5.74) is 5.33. The minimum Gasteiger partial charge on any atom is -0.449 e. The molecule has 0 saturated carbocycles. The van der Waals surface area contributed by atoms with Gasteiger partial charge in [-0.25, -0.2) is 4.79 Å². The van der Waals surface area contributed by atoms with E-state index in [-0.39, 0.29) is 18.4 Å². The van der Waals surface area contributed by atoms with Crippen molar-refractivity contribution < 1.29 is 14.3 Å². The van der Waals surface area contributed by atoms with Gasteiger partial charge in [-0.15, -0.1) is 0 Å². The van der Waals surface area contributed by atoms with Crippen LogP contribution in [-0.4, -0.2) is 24.6 Å². The number of fused-ring (bicyclic) bond motifs is 3. The first-order valence-corrected chi connectivity index (χ1v) is 9.61. The normalized spacial score (nSPS) is 13.1. The van der Waals surface area contributed by atoms with Crippen molar-refractivity contribution in [1.82, 2.24) is 5.32 Å². The van der Waals surface area contributed by atoms with Gasteiger partial charge in [-0.2, -0.15) is 0 Å². The quantitative estimate of drug-likeness (QED) is 0.676. The van der Waals surface area contributed by atoms with E-state index in [0.717, 1.165) is 11.1 Å². The fourth-order valence-corrected chi connectivity index (χ4v) is 3.65. The Hall–Kier alpha value is -3.60. The zero-order valence-electron chi connectivity index (χ0n) is 16.1. The number of nitrogens with one attached hydrogen (secondary N) is 2. The lowest BCUT2D eigenvalue weighted by Gasteiger charge is -2.17. The Balaban J connectivity index is 1.37. The van der Waals surface area contributed by atoms with Gasteiger partial charge in [0.1, 0.15) is 12.6 Å². The van der Waals surface area contributed by atoms with Gasteiger partial charge in [0.05, 0.1) is 0 Å². The molecule has 0 fully saturated rings. The first kappa shape index (κ1) is 18.7. The van der Waals surface area contributed by atoms with Crippen LogP contribution in [0.1, 0.15) is 24.0 Å². The molecule has 2 amide bonds. The van der Waals surface area contributed by atoms with Crippen LogP contribution in [0.3, 0.4) is 0 Å². The van der Waals surface area contributed by atoms with E-state index in [4.69, 9.17) is 4.74 Å². The smallest absolute Gasteiger partial charge is 0.407 e. The minimum atomic E-state index is -0.717. The lowest BCUT2D eigenvalue weighted by atomic mass is 9.98. The number of carbonyl (C=O) groups is 2. The molecule has 146 valence electrons. The van der Waals surface area contributed by atoms with Crippen LogP contribution >= 0.6 is 0 Å². The van der Waals surface area contributed by atoms with E-state index >= 15 is 0 Å². The fourth-order valence-electron chi connectivity index (χ4n) is 3.65. The Morgan fingerprint density at radius 2 is 1.41 bits per heavy atom. The Bertz CT molecular complexity index is 988. The number of alkyl carbamates (subject to hydrolysis) is 1. The van der Waals surface area contributed by atoms with Gasteiger partial charge >= 0.3 is 6.09 Å². The summed E-state index contributed by atoms with van der Waals surface area (Å²) in [4.78, 5) is 24.5. The standard InChI is InChI=1S/C24H22N2O3/c1-16(23(27)26-17-9-3-2-4-10-17)25-24(28)29-15-22-20-13-7-5-11-18(20)19-12-6-8-14-21(19)22/h2-14,16,22H,15H2,1H3,(H,25,28)(H,26,27)/t16-/m0/s1.